The van der Waals surface area contributed by atoms with Crippen molar-refractivity contribution >= 4 is 42.4 Å². The Morgan fingerprint density at radius 2 is 1.78 bits per heavy atom. The smallest absolute Gasteiger partial charge is 0.228 e. The molecule has 1 saturated heterocycles. The summed E-state index contributed by atoms with van der Waals surface area (Å²) in [5.41, 5.74) is 3.08. The van der Waals surface area contributed by atoms with Crippen LogP contribution in [-0.4, -0.2) is 69.4 Å². The van der Waals surface area contributed by atoms with E-state index in [2.05, 4.69) is 11.0 Å². The Kier molecular flexibility index (Phi) is 8.71. The Morgan fingerprint density at radius 3 is 2.47 bits per heavy atom. The van der Waals surface area contributed by atoms with Gasteiger partial charge in [-0.25, -0.2) is 17.8 Å². The topological polar surface area (TPSA) is 79.8 Å². The number of anilines is 1. The first-order valence-electron chi connectivity index (χ1n) is 12.2. The van der Waals surface area contributed by atoms with E-state index in [-0.39, 0.29) is 29.4 Å². The predicted octanol–water partition coefficient (Wildman–Crippen LogP) is 4.36. The number of benzene rings is 2. The van der Waals surface area contributed by atoms with Crippen LogP contribution in [-0.2, 0) is 19.4 Å². The molecule has 7 nitrogen and oxygen atoms in total. The fourth-order valence-electron chi connectivity index (χ4n) is 4.28. The number of thiazole rings is 1. The second-order valence-electron chi connectivity index (χ2n) is 9.10. The summed E-state index contributed by atoms with van der Waals surface area (Å²) in [6.45, 7) is 8.63. The van der Waals surface area contributed by atoms with E-state index < -0.39 is 15.7 Å². The summed E-state index contributed by atoms with van der Waals surface area (Å²) in [5.74, 6) is -0.803. The maximum Gasteiger partial charge on any atom is 0.228 e. The molecule has 4 rings (SSSR count). The van der Waals surface area contributed by atoms with E-state index in [1.807, 2.05) is 19.9 Å². The molecule has 194 valence electrons. The SMILES string of the molecule is Cc1ccc(C)c2sc(N(CCCN3CCOCC3)C(=O)CCCS(=O)(=O)c3ccc(F)cc3)nc12. The number of fused-ring (bicyclic) bond motifs is 1. The van der Waals surface area contributed by atoms with Crippen LogP contribution in [0.2, 0.25) is 0 Å². The molecule has 0 N–H and O–H groups in total. The molecule has 2 aromatic carbocycles. The van der Waals surface area contributed by atoms with Crippen LogP contribution in [0.25, 0.3) is 10.2 Å². The summed E-state index contributed by atoms with van der Waals surface area (Å²) in [4.78, 5) is 22.3. The van der Waals surface area contributed by atoms with Crippen molar-refractivity contribution in [2.45, 2.75) is 38.0 Å². The molecule has 0 spiro atoms. The van der Waals surface area contributed by atoms with Gasteiger partial charge in [0.25, 0.3) is 0 Å². The van der Waals surface area contributed by atoms with Crippen molar-refractivity contribution in [1.29, 1.82) is 0 Å². The Labute approximate surface area is 215 Å². The molecule has 0 atom stereocenters. The van der Waals surface area contributed by atoms with Crippen LogP contribution in [0.1, 0.15) is 30.4 Å². The van der Waals surface area contributed by atoms with Gasteiger partial charge in [-0.1, -0.05) is 23.5 Å². The molecule has 1 amide bonds. The fourth-order valence-corrected chi connectivity index (χ4v) is 6.74. The van der Waals surface area contributed by atoms with Crippen LogP contribution in [0.15, 0.2) is 41.3 Å². The zero-order chi connectivity index (χ0) is 25.7. The highest BCUT2D eigenvalue weighted by molar-refractivity contribution is 7.91. The molecule has 0 saturated carbocycles. The number of halogens is 1. The number of ether oxygens (including phenoxy) is 1. The number of rotatable bonds is 10. The summed E-state index contributed by atoms with van der Waals surface area (Å²) < 4.78 is 44.9. The van der Waals surface area contributed by atoms with Crippen molar-refractivity contribution in [2.75, 3.05) is 50.0 Å². The van der Waals surface area contributed by atoms with Gasteiger partial charge < -0.3 is 4.74 Å². The molecule has 1 aliphatic heterocycles. The maximum absolute atomic E-state index is 13.4. The Bertz CT molecular complexity index is 1260. The van der Waals surface area contributed by atoms with Gasteiger partial charge >= 0.3 is 0 Å². The number of carbonyl (C=O) groups is 1. The highest BCUT2D eigenvalue weighted by Gasteiger charge is 2.23. The summed E-state index contributed by atoms with van der Waals surface area (Å²) in [5, 5.41) is 0.649. The van der Waals surface area contributed by atoms with Gasteiger partial charge in [0.2, 0.25) is 5.91 Å². The van der Waals surface area contributed by atoms with Gasteiger partial charge in [-0.15, -0.1) is 0 Å². The third-order valence-electron chi connectivity index (χ3n) is 6.40. The van der Waals surface area contributed by atoms with E-state index in [0.29, 0.717) is 11.7 Å². The molecule has 0 aliphatic carbocycles. The molecule has 36 heavy (non-hydrogen) atoms. The maximum atomic E-state index is 13.4. The standard InChI is InChI=1S/C26H32FN3O4S2/c1-19-6-7-20(2)25-24(19)28-26(35-25)30(13-4-12-29-14-16-34-17-15-29)23(31)5-3-18-36(32,33)22-10-8-21(27)9-11-22/h6-11H,3-5,12-18H2,1-2H3. The van der Waals surface area contributed by atoms with E-state index in [1.54, 1.807) is 4.90 Å². The highest BCUT2D eigenvalue weighted by atomic mass is 32.2. The average molecular weight is 534 g/mol. The van der Waals surface area contributed by atoms with Crippen molar-refractivity contribution in [3.63, 3.8) is 0 Å². The van der Waals surface area contributed by atoms with Crippen LogP contribution in [0.3, 0.4) is 0 Å². The molecule has 0 bridgehead atoms. The lowest BCUT2D eigenvalue weighted by molar-refractivity contribution is -0.118. The van der Waals surface area contributed by atoms with Gasteiger partial charge in [0.15, 0.2) is 15.0 Å². The summed E-state index contributed by atoms with van der Waals surface area (Å²) >= 11 is 1.50. The van der Waals surface area contributed by atoms with Gasteiger partial charge in [-0.2, -0.15) is 0 Å². The number of amides is 1. The minimum atomic E-state index is -3.60. The van der Waals surface area contributed by atoms with Crippen molar-refractivity contribution in [1.82, 2.24) is 9.88 Å². The third-order valence-corrected chi connectivity index (χ3v) is 9.43. The van der Waals surface area contributed by atoms with Crippen LogP contribution in [0.4, 0.5) is 9.52 Å². The van der Waals surface area contributed by atoms with E-state index in [1.165, 1.54) is 23.5 Å². The second-order valence-corrected chi connectivity index (χ2v) is 12.2. The number of nitrogens with zero attached hydrogens (tertiary/aromatic N) is 3. The number of carbonyl (C=O) groups excluding carboxylic acids is 1. The molecule has 3 aromatic rings. The largest absolute Gasteiger partial charge is 0.379 e. The van der Waals surface area contributed by atoms with Gasteiger partial charge in [0.1, 0.15) is 5.82 Å². The molecule has 0 unspecified atom stereocenters. The molecule has 1 fully saturated rings. The Morgan fingerprint density at radius 1 is 1.08 bits per heavy atom. The van der Waals surface area contributed by atoms with Gasteiger partial charge in [-0.05, 0) is 62.1 Å². The highest BCUT2D eigenvalue weighted by Crippen LogP contribution is 2.33. The van der Waals surface area contributed by atoms with Crippen molar-refractivity contribution in [2.24, 2.45) is 0 Å². The number of aromatic nitrogens is 1. The molecular weight excluding hydrogens is 501 g/mol. The van der Waals surface area contributed by atoms with Gasteiger partial charge in [0, 0.05) is 32.6 Å². The van der Waals surface area contributed by atoms with Crippen LogP contribution in [0.5, 0.6) is 0 Å². The minimum Gasteiger partial charge on any atom is -0.379 e. The Balaban J connectivity index is 1.46. The molecule has 1 aromatic heterocycles. The molecule has 1 aliphatic rings. The van der Waals surface area contributed by atoms with Gasteiger partial charge in [-0.3, -0.25) is 14.6 Å². The number of morpholine rings is 1. The Hall–Kier alpha value is -2.40. The van der Waals surface area contributed by atoms with E-state index in [0.717, 1.165) is 72.7 Å². The average Bonchev–Trinajstić information content (AvgIpc) is 3.31. The first-order chi connectivity index (χ1) is 17.2. The van der Waals surface area contributed by atoms with Crippen molar-refractivity contribution in [3.8, 4) is 0 Å². The third kappa shape index (κ3) is 6.47. The number of sulfone groups is 1. The lowest BCUT2D eigenvalue weighted by atomic mass is 10.1. The van der Waals surface area contributed by atoms with Crippen LogP contribution in [0, 0.1) is 19.7 Å². The molecule has 2 heterocycles. The second kappa shape index (κ2) is 11.8. The van der Waals surface area contributed by atoms with E-state index in [4.69, 9.17) is 9.72 Å². The lowest BCUT2D eigenvalue weighted by Gasteiger charge is -2.27. The normalized spacial score (nSPS) is 14.9. The molecular formula is C26H32FN3O4S2. The number of aryl methyl sites for hydroxylation is 2. The van der Waals surface area contributed by atoms with Gasteiger partial charge in [0.05, 0.1) is 34.1 Å². The predicted molar refractivity (Wildman–Crippen MR) is 141 cm³/mol. The van der Waals surface area contributed by atoms with Crippen LogP contribution >= 0.6 is 11.3 Å². The lowest BCUT2D eigenvalue weighted by Crippen LogP contribution is -2.39. The summed E-state index contributed by atoms with van der Waals surface area (Å²) in [6, 6.07) is 8.87. The van der Waals surface area contributed by atoms with Crippen LogP contribution < -0.4 is 4.90 Å². The van der Waals surface area contributed by atoms with Crippen molar-refractivity contribution in [3.05, 3.63) is 53.3 Å². The molecule has 0 radical (unpaired) electrons. The monoisotopic (exact) mass is 533 g/mol. The first kappa shape index (κ1) is 26.7. The number of hydrogen-bond donors (Lipinski definition) is 0. The fraction of sp³-hybridized carbons (Fsp3) is 0.462. The first-order valence-corrected chi connectivity index (χ1v) is 14.7. The summed E-state index contributed by atoms with van der Waals surface area (Å²) in [6.07, 6.45) is 1.06. The zero-order valence-electron chi connectivity index (χ0n) is 20.7. The number of hydrogen-bond acceptors (Lipinski definition) is 7. The summed E-state index contributed by atoms with van der Waals surface area (Å²) in [7, 11) is -3.60. The zero-order valence-corrected chi connectivity index (χ0v) is 22.3. The minimum absolute atomic E-state index is 0.0656. The quantitative estimate of drug-likeness (QED) is 0.360. The molecule has 10 heteroatoms. The van der Waals surface area contributed by atoms with E-state index >= 15 is 0 Å². The van der Waals surface area contributed by atoms with E-state index in [9.17, 15) is 17.6 Å². The van der Waals surface area contributed by atoms with Crippen molar-refractivity contribution < 1.29 is 22.3 Å².